The Morgan fingerprint density at radius 1 is 0.860 bits per heavy atom. The van der Waals surface area contributed by atoms with Crippen molar-refractivity contribution in [3.8, 4) is 5.75 Å². The molecule has 1 heterocycles. The Balaban J connectivity index is 1.26. The topological polar surface area (TPSA) is 142 Å². The van der Waals surface area contributed by atoms with Crippen LogP contribution in [-0.2, 0) is 0 Å². The Morgan fingerprint density at radius 3 is 2.02 bits per heavy atom. The smallest absolute Gasteiger partial charge is 0.270 e. The molecule has 0 spiro atoms. The molecule has 218 valence electrons. The molecular formula is C32H32N8O3. The van der Waals surface area contributed by atoms with E-state index in [0.29, 0.717) is 11.9 Å². The molecule has 0 radical (unpaired) electrons. The SMILES string of the molecule is O=[N+]([O-])c1ccc(O)c(C=NNc2nc(NC34CC5CC(CC(C5)C3)C4)nc(N(c3ccccc3)c3ccccc3)n2)c1. The van der Waals surface area contributed by atoms with E-state index in [2.05, 4.69) is 15.8 Å². The van der Waals surface area contributed by atoms with E-state index in [1.807, 2.05) is 65.6 Å². The summed E-state index contributed by atoms with van der Waals surface area (Å²) in [7, 11) is 0. The fourth-order valence-corrected chi connectivity index (χ4v) is 7.52. The van der Waals surface area contributed by atoms with Crippen LogP contribution in [0.2, 0.25) is 0 Å². The minimum Gasteiger partial charge on any atom is -0.507 e. The first kappa shape index (κ1) is 26.8. The number of phenolic OH excluding ortho intramolecular Hbond substituents is 1. The second-order valence-electron chi connectivity index (χ2n) is 12.0. The normalized spacial score (nSPS) is 23.8. The maximum Gasteiger partial charge on any atom is 0.270 e. The van der Waals surface area contributed by atoms with Crippen LogP contribution in [0, 0.1) is 27.9 Å². The first-order valence-corrected chi connectivity index (χ1v) is 14.6. The van der Waals surface area contributed by atoms with Gasteiger partial charge in [0.2, 0.25) is 17.8 Å². The summed E-state index contributed by atoms with van der Waals surface area (Å²) in [4.78, 5) is 27.1. The average Bonchev–Trinajstić information content (AvgIpc) is 2.98. The predicted octanol–water partition coefficient (Wildman–Crippen LogP) is 6.78. The van der Waals surface area contributed by atoms with Gasteiger partial charge in [0.1, 0.15) is 5.75 Å². The summed E-state index contributed by atoms with van der Waals surface area (Å²) in [5, 5.41) is 29.4. The second kappa shape index (κ2) is 11.0. The molecule has 43 heavy (non-hydrogen) atoms. The quantitative estimate of drug-likeness (QED) is 0.112. The summed E-state index contributed by atoms with van der Waals surface area (Å²) < 4.78 is 0. The predicted molar refractivity (Wildman–Crippen MR) is 165 cm³/mol. The number of benzene rings is 3. The molecule has 0 aliphatic heterocycles. The van der Waals surface area contributed by atoms with Crippen molar-refractivity contribution in [1.82, 2.24) is 15.0 Å². The number of para-hydroxylation sites is 2. The van der Waals surface area contributed by atoms with Crippen LogP contribution in [0.4, 0.5) is 34.9 Å². The number of hydrazone groups is 1. The number of rotatable bonds is 9. The molecule has 3 aromatic carbocycles. The van der Waals surface area contributed by atoms with Gasteiger partial charge >= 0.3 is 0 Å². The number of phenols is 1. The molecule has 4 bridgehead atoms. The zero-order valence-corrected chi connectivity index (χ0v) is 23.5. The lowest BCUT2D eigenvalue weighted by molar-refractivity contribution is -0.384. The number of hydrogen-bond donors (Lipinski definition) is 3. The fraction of sp³-hybridized carbons (Fsp3) is 0.312. The highest BCUT2D eigenvalue weighted by molar-refractivity contribution is 5.85. The molecule has 0 amide bonds. The maximum absolute atomic E-state index is 11.2. The number of nitro groups is 1. The summed E-state index contributed by atoms with van der Waals surface area (Å²) >= 11 is 0. The lowest BCUT2D eigenvalue weighted by atomic mass is 9.53. The average molecular weight is 577 g/mol. The van der Waals surface area contributed by atoms with E-state index in [1.54, 1.807) is 0 Å². The van der Waals surface area contributed by atoms with Crippen LogP contribution in [-0.4, -0.2) is 36.7 Å². The van der Waals surface area contributed by atoms with Crippen molar-refractivity contribution in [1.29, 1.82) is 0 Å². The van der Waals surface area contributed by atoms with E-state index < -0.39 is 4.92 Å². The highest BCUT2D eigenvalue weighted by atomic mass is 16.6. The molecule has 1 aromatic heterocycles. The number of nitrogens with one attached hydrogen (secondary N) is 2. The zero-order chi connectivity index (χ0) is 29.4. The molecule has 8 rings (SSSR count). The van der Waals surface area contributed by atoms with Gasteiger partial charge in [-0.2, -0.15) is 20.1 Å². The highest BCUT2D eigenvalue weighted by Crippen LogP contribution is 2.56. The maximum atomic E-state index is 11.2. The number of anilines is 5. The van der Waals surface area contributed by atoms with Crippen LogP contribution < -0.4 is 15.6 Å². The molecule has 4 aromatic rings. The van der Waals surface area contributed by atoms with E-state index in [1.165, 1.54) is 43.7 Å². The van der Waals surface area contributed by atoms with Gasteiger partial charge in [-0.25, -0.2) is 5.43 Å². The fourth-order valence-electron chi connectivity index (χ4n) is 7.52. The van der Waals surface area contributed by atoms with Crippen LogP contribution in [0.1, 0.15) is 44.1 Å². The van der Waals surface area contributed by atoms with Crippen LogP contribution in [0.15, 0.2) is 84.0 Å². The molecule has 4 aliphatic carbocycles. The van der Waals surface area contributed by atoms with Crippen LogP contribution in [0.3, 0.4) is 0 Å². The van der Waals surface area contributed by atoms with E-state index >= 15 is 0 Å². The Morgan fingerprint density at radius 2 is 1.44 bits per heavy atom. The molecule has 0 saturated heterocycles. The van der Waals surface area contributed by atoms with Crippen molar-refractivity contribution in [2.45, 2.75) is 44.1 Å². The Kier molecular flexibility index (Phi) is 6.84. The van der Waals surface area contributed by atoms with E-state index in [0.717, 1.165) is 48.4 Å². The number of aromatic hydroxyl groups is 1. The standard InChI is InChI=1S/C32H32N8O3/c41-28-12-11-27(40(42)43)16-24(28)20-33-38-30-34-29(37-32-17-21-13-22(18-32)15-23(14-21)19-32)35-31(36-30)39(25-7-3-1-4-8-25)26-9-5-2-6-10-26/h1-12,16,20-23,41H,13-15,17-19H2,(H2,34,35,36,37,38). The Bertz CT molecular complexity index is 1590. The second-order valence-corrected chi connectivity index (χ2v) is 12.0. The van der Waals surface area contributed by atoms with Crippen molar-refractivity contribution in [3.05, 3.63) is 94.5 Å². The number of nitrogens with zero attached hydrogens (tertiary/aromatic N) is 6. The third-order valence-corrected chi connectivity index (χ3v) is 8.86. The van der Waals surface area contributed by atoms with Gasteiger partial charge < -0.3 is 10.4 Å². The third-order valence-electron chi connectivity index (χ3n) is 8.86. The van der Waals surface area contributed by atoms with Gasteiger partial charge in [0.15, 0.2) is 0 Å². The first-order chi connectivity index (χ1) is 20.9. The first-order valence-electron chi connectivity index (χ1n) is 14.6. The number of aromatic nitrogens is 3. The number of hydrogen-bond acceptors (Lipinski definition) is 10. The minimum atomic E-state index is -0.521. The van der Waals surface area contributed by atoms with E-state index in [4.69, 9.17) is 15.0 Å². The molecule has 4 fully saturated rings. The molecule has 4 aliphatic rings. The lowest BCUT2D eigenvalue weighted by Gasteiger charge is -2.56. The Labute approximate surface area is 248 Å². The third kappa shape index (κ3) is 5.57. The molecule has 3 N–H and O–H groups in total. The highest BCUT2D eigenvalue weighted by Gasteiger charge is 2.51. The molecular weight excluding hydrogens is 544 g/mol. The van der Waals surface area contributed by atoms with E-state index in [-0.39, 0.29) is 28.5 Å². The number of non-ortho nitro benzene ring substituents is 1. The van der Waals surface area contributed by atoms with Gasteiger partial charge in [-0.1, -0.05) is 36.4 Å². The minimum absolute atomic E-state index is 0.0347. The summed E-state index contributed by atoms with van der Waals surface area (Å²) in [6.45, 7) is 0. The van der Waals surface area contributed by atoms with Crippen molar-refractivity contribution in [2.24, 2.45) is 22.9 Å². The van der Waals surface area contributed by atoms with Gasteiger partial charge in [-0.15, -0.1) is 0 Å². The summed E-state index contributed by atoms with van der Waals surface area (Å²) in [5.74, 6) is 3.20. The zero-order valence-electron chi connectivity index (χ0n) is 23.5. The summed E-state index contributed by atoms with van der Waals surface area (Å²) in [6, 6.07) is 23.6. The molecule has 0 atom stereocenters. The van der Waals surface area contributed by atoms with Crippen LogP contribution in [0.5, 0.6) is 5.75 Å². The molecule has 11 nitrogen and oxygen atoms in total. The van der Waals surface area contributed by atoms with Gasteiger partial charge in [-0.3, -0.25) is 15.0 Å². The van der Waals surface area contributed by atoms with Crippen LogP contribution in [0.25, 0.3) is 0 Å². The van der Waals surface area contributed by atoms with Crippen molar-refractivity contribution in [2.75, 3.05) is 15.6 Å². The molecule has 11 heteroatoms. The van der Waals surface area contributed by atoms with Gasteiger partial charge in [0, 0.05) is 34.6 Å². The van der Waals surface area contributed by atoms with Gasteiger partial charge in [0.05, 0.1) is 11.1 Å². The van der Waals surface area contributed by atoms with Gasteiger partial charge in [0.25, 0.3) is 5.69 Å². The largest absolute Gasteiger partial charge is 0.507 e. The monoisotopic (exact) mass is 576 g/mol. The molecule has 4 saturated carbocycles. The summed E-state index contributed by atoms with van der Waals surface area (Å²) in [6.07, 6.45) is 8.64. The summed E-state index contributed by atoms with van der Waals surface area (Å²) in [5.41, 5.74) is 4.66. The van der Waals surface area contributed by atoms with Crippen molar-refractivity contribution in [3.63, 3.8) is 0 Å². The van der Waals surface area contributed by atoms with Gasteiger partial charge in [-0.05, 0) is 86.6 Å². The van der Waals surface area contributed by atoms with Crippen molar-refractivity contribution < 1.29 is 10.0 Å². The number of nitro benzene ring substituents is 1. The lowest BCUT2D eigenvalue weighted by Crippen LogP contribution is -2.55. The molecule has 0 unspecified atom stereocenters. The van der Waals surface area contributed by atoms with E-state index in [9.17, 15) is 15.2 Å². The van der Waals surface area contributed by atoms with Crippen molar-refractivity contribution >= 4 is 41.1 Å². The Hall–Kier alpha value is -5.06. The van der Waals surface area contributed by atoms with Crippen LogP contribution >= 0.6 is 0 Å².